The molecule has 1 aliphatic heterocycles. The second-order valence-corrected chi connectivity index (χ2v) is 11.7. The largest absolute Gasteiger partial charge is 0.452 e. The first-order chi connectivity index (χ1) is 16.0. The number of hydrogen-bond donors (Lipinski definition) is 1. The summed E-state index contributed by atoms with van der Waals surface area (Å²) >= 11 is 0. The fourth-order valence-corrected chi connectivity index (χ4v) is 4.73. The summed E-state index contributed by atoms with van der Waals surface area (Å²) in [6.07, 6.45) is 1.93. The molecule has 7 nitrogen and oxygen atoms in total. The monoisotopic (exact) mass is 486 g/mol. The molecule has 0 atom stereocenters. The maximum atomic E-state index is 12.6. The molecule has 0 saturated carbocycles. The highest BCUT2D eigenvalue weighted by molar-refractivity contribution is 7.89. The Morgan fingerprint density at radius 2 is 1.59 bits per heavy atom. The summed E-state index contributed by atoms with van der Waals surface area (Å²) in [4.78, 5) is 26.5. The summed E-state index contributed by atoms with van der Waals surface area (Å²) in [5, 5.41) is 0. The van der Waals surface area contributed by atoms with Crippen molar-refractivity contribution in [2.45, 2.75) is 57.4 Å². The number of likely N-dealkylation sites (tertiary alicyclic amines) is 1. The van der Waals surface area contributed by atoms with Crippen molar-refractivity contribution in [3.63, 3.8) is 0 Å². The lowest BCUT2D eigenvalue weighted by molar-refractivity contribution is -0.135. The first-order valence-electron chi connectivity index (χ1n) is 11.6. The van der Waals surface area contributed by atoms with E-state index in [2.05, 4.69) is 32.4 Å². The molecule has 0 bridgehead atoms. The van der Waals surface area contributed by atoms with Crippen molar-refractivity contribution >= 4 is 21.9 Å². The van der Waals surface area contributed by atoms with Crippen LogP contribution in [0.3, 0.4) is 0 Å². The maximum absolute atomic E-state index is 12.6. The average Bonchev–Trinajstić information content (AvgIpc) is 2.81. The molecule has 3 rings (SSSR count). The standard InChI is InChI=1S/C26H34N2O5S/c1-19-13-15-28(16-14-19)24(29)18-33-25(30)21-7-5-20(6-8-21)17-27-34(31,32)23-11-9-22(10-12-23)26(2,3)4/h5-12,19,27H,13-18H2,1-4H3. The molecule has 1 saturated heterocycles. The van der Waals surface area contributed by atoms with Crippen LogP contribution in [-0.4, -0.2) is 44.9 Å². The normalized spacial score (nSPS) is 15.2. The molecule has 0 aliphatic carbocycles. The van der Waals surface area contributed by atoms with Crippen molar-refractivity contribution in [1.82, 2.24) is 9.62 Å². The lowest BCUT2D eigenvalue weighted by Crippen LogP contribution is -2.40. The van der Waals surface area contributed by atoms with Gasteiger partial charge >= 0.3 is 5.97 Å². The van der Waals surface area contributed by atoms with Gasteiger partial charge in [-0.2, -0.15) is 0 Å². The predicted octanol–water partition coefficient (Wildman–Crippen LogP) is 3.88. The fraction of sp³-hybridized carbons (Fsp3) is 0.462. The SMILES string of the molecule is CC1CCN(C(=O)COC(=O)c2ccc(CNS(=O)(=O)c3ccc(C(C)(C)C)cc3)cc2)CC1. The van der Waals surface area contributed by atoms with Crippen LogP contribution in [0.2, 0.25) is 0 Å². The van der Waals surface area contributed by atoms with E-state index in [1.165, 1.54) is 0 Å². The first-order valence-corrected chi connectivity index (χ1v) is 13.1. The molecule has 0 aromatic heterocycles. The van der Waals surface area contributed by atoms with Crippen LogP contribution in [0.4, 0.5) is 0 Å². The number of carbonyl (C=O) groups excluding carboxylic acids is 2. The number of carbonyl (C=O) groups is 2. The Labute approximate surface area is 202 Å². The van der Waals surface area contributed by atoms with Gasteiger partial charge < -0.3 is 9.64 Å². The molecule has 1 amide bonds. The van der Waals surface area contributed by atoms with Crippen LogP contribution in [0.1, 0.15) is 62.0 Å². The maximum Gasteiger partial charge on any atom is 0.338 e. The number of nitrogens with zero attached hydrogens (tertiary/aromatic N) is 1. The summed E-state index contributed by atoms with van der Waals surface area (Å²) in [7, 11) is -3.66. The Bertz CT molecular complexity index is 1100. The van der Waals surface area contributed by atoms with E-state index in [-0.39, 0.29) is 29.4 Å². The van der Waals surface area contributed by atoms with Crippen LogP contribution in [0.25, 0.3) is 0 Å². The summed E-state index contributed by atoms with van der Waals surface area (Å²) in [6.45, 7) is 9.59. The van der Waals surface area contributed by atoms with Crippen molar-refractivity contribution in [3.8, 4) is 0 Å². The number of piperidine rings is 1. The quantitative estimate of drug-likeness (QED) is 0.600. The molecular weight excluding hydrogens is 452 g/mol. The van der Waals surface area contributed by atoms with E-state index in [1.54, 1.807) is 41.3 Å². The Kier molecular flexibility index (Phi) is 8.15. The fourth-order valence-electron chi connectivity index (χ4n) is 3.71. The van der Waals surface area contributed by atoms with Gasteiger partial charge in [-0.15, -0.1) is 0 Å². The van der Waals surface area contributed by atoms with E-state index in [9.17, 15) is 18.0 Å². The number of amides is 1. The molecule has 0 radical (unpaired) electrons. The van der Waals surface area contributed by atoms with Gasteiger partial charge in [-0.25, -0.2) is 17.9 Å². The molecule has 184 valence electrons. The summed E-state index contributed by atoms with van der Waals surface area (Å²) < 4.78 is 33.0. The smallest absolute Gasteiger partial charge is 0.338 e. The van der Waals surface area contributed by atoms with E-state index in [0.29, 0.717) is 30.1 Å². The van der Waals surface area contributed by atoms with E-state index in [0.717, 1.165) is 18.4 Å². The van der Waals surface area contributed by atoms with E-state index in [1.807, 2.05) is 12.1 Å². The molecular formula is C26H34N2O5S. The van der Waals surface area contributed by atoms with Gasteiger partial charge in [-0.1, -0.05) is 52.0 Å². The number of hydrogen-bond acceptors (Lipinski definition) is 5. The number of benzene rings is 2. The Hall–Kier alpha value is -2.71. The van der Waals surface area contributed by atoms with Crippen LogP contribution >= 0.6 is 0 Å². The molecule has 2 aromatic carbocycles. The molecule has 0 spiro atoms. The lowest BCUT2D eigenvalue weighted by Gasteiger charge is -2.30. The summed E-state index contributed by atoms with van der Waals surface area (Å²) in [5.41, 5.74) is 2.01. The highest BCUT2D eigenvalue weighted by Crippen LogP contribution is 2.23. The van der Waals surface area contributed by atoms with Gasteiger partial charge in [0.2, 0.25) is 10.0 Å². The summed E-state index contributed by atoms with van der Waals surface area (Å²) in [6, 6.07) is 13.3. The number of esters is 1. The third kappa shape index (κ3) is 6.90. The molecule has 34 heavy (non-hydrogen) atoms. The van der Waals surface area contributed by atoms with Crippen LogP contribution in [0.15, 0.2) is 53.4 Å². The number of rotatable bonds is 7. The third-order valence-corrected chi connectivity index (χ3v) is 7.57. The molecule has 1 aliphatic rings. The minimum atomic E-state index is -3.66. The van der Waals surface area contributed by atoms with Gasteiger partial charge in [0.1, 0.15) is 0 Å². The Morgan fingerprint density at radius 3 is 2.15 bits per heavy atom. The number of ether oxygens (including phenoxy) is 1. The minimum absolute atomic E-state index is 0.0574. The lowest BCUT2D eigenvalue weighted by atomic mass is 9.87. The van der Waals surface area contributed by atoms with Crippen LogP contribution in [0, 0.1) is 5.92 Å². The van der Waals surface area contributed by atoms with Gasteiger partial charge in [0.25, 0.3) is 5.91 Å². The zero-order valence-corrected chi connectivity index (χ0v) is 21.2. The van der Waals surface area contributed by atoms with Crippen LogP contribution in [0.5, 0.6) is 0 Å². The Morgan fingerprint density at radius 1 is 1.00 bits per heavy atom. The molecule has 1 fully saturated rings. The van der Waals surface area contributed by atoms with Crippen molar-refractivity contribution in [2.75, 3.05) is 19.7 Å². The van der Waals surface area contributed by atoms with E-state index >= 15 is 0 Å². The number of nitrogens with one attached hydrogen (secondary N) is 1. The van der Waals surface area contributed by atoms with Gasteiger partial charge in [0.05, 0.1) is 10.5 Å². The van der Waals surface area contributed by atoms with Gasteiger partial charge in [-0.05, 0) is 59.6 Å². The number of sulfonamides is 1. The highest BCUT2D eigenvalue weighted by atomic mass is 32.2. The Balaban J connectivity index is 1.51. The van der Waals surface area contributed by atoms with Gasteiger partial charge in [-0.3, -0.25) is 4.79 Å². The van der Waals surface area contributed by atoms with E-state index < -0.39 is 16.0 Å². The van der Waals surface area contributed by atoms with E-state index in [4.69, 9.17) is 4.74 Å². The van der Waals surface area contributed by atoms with Gasteiger partial charge in [0.15, 0.2) is 6.61 Å². The minimum Gasteiger partial charge on any atom is -0.452 e. The van der Waals surface area contributed by atoms with Gasteiger partial charge in [0, 0.05) is 19.6 Å². The third-order valence-electron chi connectivity index (χ3n) is 6.15. The molecule has 2 aromatic rings. The van der Waals surface area contributed by atoms with Crippen molar-refractivity contribution in [3.05, 3.63) is 65.2 Å². The predicted molar refractivity (Wildman–Crippen MR) is 131 cm³/mol. The average molecular weight is 487 g/mol. The molecule has 1 N–H and O–H groups in total. The zero-order valence-electron chi connectivity index (χ0n) is 20.3. The van der Waals surface area contributed by atoms with Crippen molar-refractivity contribution in [2.24, 2.45) is 5.92 Å². The second kappa shape index (κ2) is 10.7. The molecule has 1 heterocycles. The van der Waals surface area contributed by atoms with Crippen molar-refractivity contribution < 1.29 is 22.7 Å². The van der Waals surface area contributed by atoms with Crippen LogP contribution in [-0.2, 0) is 31.5 Å². The molecule has 0 unspecified atom stereocenters. The van der Waals surface area contributed by atoms with Crippen LogP contribution < -0.4 is 4.72 Å². The summed E-state index contributed by atoms with van der Waals surface area (Å²) in [5.74, 6) is -0.143. The van der Waals surface area contributed by atoms with Crippen molar-refractivity contribution in [1.29, 1.82) is 0 Å². The topological polar surface area (TPSA) is 92.8 Å². The molecule has 8 heteroatoms. The zero-order chi connectivity index (χ0) is 24.9. The first kappa shape index (κ1) is 25.9. The highest BCUT2D eigenvalue weighted by Gasteiger charge is 2.22. The second-order valence-electron chi connectivity index (χ2n) is 9.94.